The van der Waals surface area contributed by atoms with Gasteiger partial charge < -0.3 is 14.8 Å². The number of amides is 1. The van der Waals surface area contributed by atoms with Gasteiger partial charge >= 0.3 is 0 Å². The van der Waals surface area contributed by atoms with E-state index in [4.69, 9.17) is 14.7 Å². The van der Waals surface area contributed by atoms with E-state index in [1.54, 1.807) is 29.5 Å². The smallest absolute Gasteiger partial charge is 0.258 e. The number of carbonyl (C=O) groups is 1. The molecule has 0 aliphatic carbocycles. The molecule has 7 heteroatoms. The highest BCUT2D eigenvalue weighted by molar-refractivity contribution is 7.18. The molecular weight excluding hydrogens is 338 g/mol. The molecule has 0 spiro atoms. The predicted molar refractivity (Wildman–Crippen MR) is 94.7 cm³/mol. The molecule has 6 nitrogen and oxygen atoms in total. The molecule has 3 aromatic rings. The van der Waals surface area contributed by atoms with Crippen LogP contribution in [0.3, 0.4) is 0 Å². The quantitative estimate of drug-likeness (QED) is 0.737. The Kier molecular flexibility index (Phi) is 5.11. The van der Waals surface area contributed by atoms with E-state index in [-0.39, 0.29) is 12.5 Å². The first-order chi connectivity index (χ1) is 12.2. The van der Waals surface area contributed by atoms with Crippen LogP contribution in [0.1, 0.15) is 10.6 Å². The van der Waals surface area contributed by atoms with Crippen molar-refractivity contribution in [2.45, 2.75) is 6.54 Å². The Hall–Kier alpha value is -3.11. The molecule has 1 N–H and O–H groups in total. The number of benzene rings is 2. The molecule has 0 saturated heterocycles. The molecule has 0 bridgehead atoms. The van der Waals surface area contributed by atoms with Crippen molar-refractivity contribution in [2.75, 3.05) is 13.7 Å². The van der Waals surface area contributed by atoms with E-state index < -0.39 is 0 Å². The van der Waals surface area contributed by atoms with E-state index in [2.05, 4.69) is 10.3 Å². The molecule has 0 atom stereocenters. The predicted octanol–water partition coefficient (Wildman–Crippen LogP) is 2.87. The fraction of sp³-hybridized carbons (Fsp3) is 0.167. The summed E-state index contributed by atoms with van der Waals surface area (Å²) in [6.07, 6.45) is 0. The van der Waals surface area contributed by atoms with Gasteiger partial charge in [0.25, 0.3) is 5.91 Å². The van der Waals surface area contributed by atoms with Crippen LogP contribution in [0.15, 0.2) is 42.5 Å². The molecule has 126 valence electrons. The number of fused-ring (bicyclic) bond motifs is 1. The lowest BCUT2D eigenvalue weighted by molar-refractivity contribution is -0.123. The second kappa shape index (κ2) is 7.64. The van der Waals surface area contributed by atoms with Gasteiger partial charge in [0.1, 0.15) is 5.01 Å². The summed E-state index contributed by atoms with van der Waals surface area (Å²) in [7, 11) is 1.48. The number of thiazole rings is 1. The van der Waals surface area contributed by atoms with Gasteiger partial charge in [-0.1, -0.05) is 12.1 Å². The maximum Gasteiger partial charge on any atom is 0.258 e. The van der Waals surface area contributed by atoms with Crippen molar-refractivity contribution in [3.05, 3.63) is 53.0 Å². The topological polar surface area (TPSA) is 84.2 Å². The zero-order valence-corrected chi connectivity index (χ0v) is 14.3. The van der Waals surface area contributed by atoms with Crippen LogP contribution in [0.5, 0.6) is 11.5 Å². The fourth-order valence-corrected chi connectivity index (χ4v) is 3.13. The van der Waals surface area contributed by atoms with Crippen LogP contribution in [0, 0.1) is 11.3 Å². The lowest BCUT2D eigenvalue weighted by Crippen LogP contribution is -2.28. The highest BCUT2D eigenvalue weighted by Gasteiger charge is 2.10. The molecule has 0 aliphatic heterocycles. The first-order valence-corrected chi connectivity index (χ1v) is 8.33. The Labute approximate surface area is 148 Å². The number of aromatic nitrogens is 1. The van der Waals surface area contributed by atoms with Crippen LogP contribution in [-0.2, 0) is 11.3 Å². The number of para-hydroxylation sites is 1. The van der Waals surface area contributed by atoms with Gasteiger partial charge in [-0.05, 0) is 24.3 Å². The van der Waals surface area contributed by atoms with Crippen LogP contribution >= 0.6 is 11.3 Å². The average Bonchev–Trinajstić information content (AvgIpc) is 3.07. The molecule has 1 amide bonds. The zero-order chi connectivity index (χ0) is 17.6. The average molecular weight is 353 g/mol. The van der Waals surface area contributed by atoms with Crippen molar-refractivity contribution in [3.63, 3.8) is 0 Å². The highest BCUT2D eigenvalue weighted by Crippen LogP contribution is 2.27. The monoisotopic (exact) mass is 353 g/mol. The Balaban J connectivity index is 1.55. The first kappa shape index (κ1) is 16.7. The molecule has 0 saturated carbocycles. The number of methoxy groups -OCH3 is 1. The Morgan fingerprint density at radius 2 is 2.12 bits per heavy atom. The van der Waals surface area contributed by atoms with E-state index in [1.165, 1.54) is 7.11 Å². The zero-order valence-electron chi connectivity index (χ0n) is 13.5. The number of hydrogen-bond donors (Lipinski definition) is 1. The van der Waals surface area contributed by atoms with Gasteiger partial charge in [0, 0.05) is 6.07 Å². The van der Waals surface area contributed by atoms with Crippen molar-refractivity contribution >= 4 is 27.5 Å². The van der Waals surface area contributed by atoms with Gasteiger partial charge in [-0.2, -0.15) is 5.26 Å². The number of nitrogens with one attached hydrogen (secondary N) is 1. The maximum atomic E-state index is 12.0. The molecule has 3 rings (SSSR count). The number of hydrogen-bond acceptors (Lipinski definition) is 6. The van der Waals surface area contributed by atoms with E-state index in [0.29, 0.717) is 23.6 Å². The number of ether oxygens (including phenoxy) is 2. The third-order valence-electron chi connectivity index (χ3n) is 3.43. The molecule has 2 aromatic carbocycles. The molecule has 0 aliphatic rings. The van der Waals surface area contributed by atoms with E-state index >= 15 is 0 Å². The van der Waals surface area contributed by atoms with Crippen LogP contribution < -0.4 is 14.8 Å². The molecule has 1 heterocycles. The van der Waals surface area contributed by atoms with Crippen LogP contribution in [-0.4, -0.2) is 24.6 Å². The van der Waals surface area contributed by atoms with Gasteiger partial charge in [0.15, 0.2) is 18.1 Å². The standard InChI is InChI=1S/C18H15N3O3S/c1-23-15-8-12(9-19)6-7-14(15)24-11-17(22)20-10-18-21-13-4-2-3-5-16(13)25-18/h2-8H,10-11H2,1H3,(H,20,22). The summed E-state index contributed by atoms with van der Waals surface area (Å²) in [5.74, 6) is 0.570. The second-order valence-corrected chi connectivity index (χ2v) is 6.23. The molecule has 0 unspecified atom stereocenters. The molecule has 0 radical (unpaired) electrons. The van der Waals surface area contributed by atoms with Gasteiger partial charge in [0.2, 0.25) is 0 Å². The normalized spacial score (nSPS) is 10.2. The largest absolute Gasteiger partial charge is 0.493 e. The molecular formula is C18H15N3O3S. The number of nitrogens with zero attached hydrogens (tertiary/aromatic N) is 2. The van der Waals surface area contributed by atoms with Crippen molar-refractivity contribution in [1.29, 1.82) is 5.26 Å². The van der Waals surface area contributed by atoms with Crippen molar-refractivity contribution < 1.29 is 14.3 Å². The van der Waals surface area contributed by atoms with Crippen molar-refractivity contribution in [2.24, 2.45) is 0 Å². The van der Waals surface area contributed by atoms with Crippen molar-refractivity contribution in [3.8, 4) is 17.6 Å². The van der Waals surface area contributed by atoms with E-state index in [9.17, 15) is 4.79 Å². The molecule has 1 aromatic heterocycles. The number of nitriles is 1. The minimum Gasteiger partial charge on any atom is -0.493 e. The minimum atomic E-state index is -0.259. The molecule has 0 fully saturated rings. The van der Waals surface area contributed by atoms with Gasteiger partial charge in [-0.25, -0.2) is 4.98 Å². The SMILES string of the molecule is COc1cc(C#N)ccc1OCC(=O)NCc1nc2ccccc2s1. The fourth-order valence-electron chi connectivity index (χ4n) is 2.22. The lowest BCUT2D eigenvalue weighted by Gasteiger charge is -2.10. The molecule has 25 heavy (non-hydrogen) atoms. The third-order valence-corrected chi connectivity index (χ3v) is 4.46. The van der Waals surface area contributed by atoms with E-state index in [1.807, 2.05) is 30.3 Å². The summed E-state index contributed by atoms with van der Waals surface area (Å²) in [5, 5.41) is 12.5. The summed E-state index contributed by atoms with van der Waals surface area (Å²) in [6.45, 7) is 0.208. The maximum absolute atomic E-state index is 12.0. The summed E-state index contributed by atoms with van der Waals surface area (Å²) < 4.78 is 11.7. The third kappa shape index (κ3) is 4.05. The summed E-state index contributed by atoms with van der Waals surface area (Å²) in [4.78, 5) is 16.4. The minimum absolute atomic E-state index is 0.146. The van der Waals surface area contributed by atoms with E-state index in [0.717, 1.165) is 15.2 Å². The van der Waals surface area contributed by atoms with Crippen LogP contribution in [0.4, 0.5) is 0 Å². The number of rotatable bonds is 6. The highest BCUT2D eigenvalue weighted by atomic mass is 32.1. The van der Waals surface area contributed by atoms with Gasteiger partial charge in [-0.15, -0.1) is 11.3 Å². The Morgan fingerprint density at radius 1 is 1.28 bits per heavy atom. The van der Waals surface area contributed by atoms with Crippen LogP contribution in [0.25, 0.3) is 10.2 Å². The van der Waals surface area contributed by atoms with Crippen LogP contribution in [0.2, 0.25) is 0 Å². The first-order valence-electron chi connectivity index (χ1n) is 7.51. The Morgan fingerprint density at radius 3 is 2.88 bits per heavy atom. The van der Waals surface area contributed by atoms with Crippen molar-refractivity contribution in [1.82, 2.24) is 10.3 Å². The second-order valence-electron chi connectivity index (χ2n) is 5.12. The van der Waals surface area contributed by atoms with Gasteiger partial charge in [-0.3, -0.25) is 4.79 Å². The summed E-state index contributed by atoms with van der Waals surface area (Å²) in [6, 6.07) is 14.6. The summed E-state index contributed by atoms with van der Waals surface area (Å²) in [5.41, 5.74) is 1.39. The Bertz CT molecular complexity index is 913. The van der Waals surface area contributed by atoms with Gasteiger partial charge in [0.05, 0.1) is 35.5 Å². The number of carbonyl (C=O) groups excluding carboxylic acids is 1. The lowest BCUT2D eigenvalue weighted by atomic mass is 10.2. The summed E-state index contributed by atoms with van der Waals surface area (Å²) >= 11 is 1.55.